The first-order chi connectivity index (χ1) is 19.8. The van der Waals surface area contributed by atoms with Crippen LogP contribution in [0, 0.1) is 11.8 Å². The lowest BCUT2D eigenvalue weighted by Crippen LogP contribution is -2.48. The summed E-state index contributed by atoms with van der Waals surface area (Å²) in [5.74, 6) is 2.90. The lowest BCUT2D eigenvalue weighted by Gasteiger charge is -2.41. The smallest absolute Gasteiger partial charge is 0.225 e. The van der Waals surface area contributed by atoms with E-state index in [2.05, 4.69) is 69.6 Å². The van der Waals surface area contributed by atoms with Crippen molar-refractivity contribution in [3.63, 3.8) is 0 Å². The van der Waals surface area contributed by atoms with Gasteiger partial charge in [0.1, 0.15) is 17.9 Å². The van der Waals surface area contributed by atoms with Crippen molar-refractivity contribution in [2.24, 2.45) is 11.8 Å². The second-order valence-corrected chi connectivity index (χ2v) is 12.6. The van der Waals surface area contributed by atoms with Crippen molar-refractivity contribution >= 4 is 22.8 Å². The Balaban J connectivity index is 1.16. The molecule has 9 nitrogen and oxygen atoms in total. The van der Waals surface area contributed by atoms with Crippen molar-refractivity contribution in [2.75, 3.05) is 50.8 Å². The van der Waals surface area contributed by atoms with Gasteiger partial charge in [-0.05, 0) is 83.5 Å². The molecule has 0 unspecified atom stereocenters. The van der Waals surface area contributed by atoms with Crippen LogP contribution >= 0.6 is 0 Å². The highest BCUT2D eigenvalue weighted by molar-refractivity contribution is 5.87. The van der Waals surface area contributed by atoms with Crippen LogP contribution in [0.3, 0.4) is 0 Å². The van der Waals surface area contributed by atoms with Crippen LogP contribution in [0.5, 0.6) is 5.75 Å². The minimum atomic E-state index is 0.0992. The van der Waals surface area contributed by atoms with Gasteiger partial charge < -0.3 is 14.5 Å². The van der Waals surface area contributed by atoms with Crippen molar-refractivity contribution in [3.05, 3.63) is 42.4 Å². The highest BCUT2D eigenvalue weighted by Gasteiger charge is 2.33. The van der Waals surface area contributed by atoms with Crippen molar-refractivity contribution in [3.8, 4) is 5.75 Å². The Bertz CT molecular complexity index is 1300. The average molecular weight is 562 g/mol. The van der Waals surface area contributed by atoms with E-state index >= 15 is 0 Å². The number of anilines is 1. The summed E-state index contributed by atoms with van der Waals surface area (Å²) in [4.78, 5) is 29.7. The van der Waals surface area contributed by atoms with E-state index in [0.717, 1.165) is 93.1 Å². The number of benzene rings is 1. The van der Waals surface area contributed by atoms with Gasteiger partial charge in [-0.1, -0.05) is 19.1 Å². The van der Waals surface area contributed by atoms with Crippen LogP contribution in [0.25, 0.3) is 11.0 Å². The van der Waals surface area contributed by atoms with E-state index in [1.54, 1.807) is 6.33 Å². The van der Waals surface area contributed by atoms with Gasteiger partial charge in [0, 0.05) is 44.2 Å². The third-order valence-corrected chi connectivity index (χ3v) is 8.83. The predicted molar refractivity (Wildman–Crippen MR) is 163 cm³/mol. The molecular weight excluding hydrogens is 514 g/mol. The van der Waals surface area contributed by atoms with E-state index in [4.69, 9.17) is 4.74 Å². The number of amides is 1. The SMILES string of the molecule is CCOc1cccc(Cn2ncc3c(N4CCC(C(=O)N5CCC(CN(CC)C(C)(C)C)CC5)CC4)ncnc32)c1. The number of nitrogens with zero attached hydrogens (tertiary/aromatic N) is 7. The maximum absolute atomic E-state index is 13.4. The molecule has 222 valence electrons. The van der Waals surface area contributed by atoms with Gasteiger partial charge >= 0.3 is 0 Å². The Labute approximate surface area is 244 Å². The fourth-order valence-corrected chi connectivity index (χ4v) is 6.44. The molecule has 2 fully saturated rings. The van der Waals surface area contributed by atoms with E-state index in [9.17, 15) is 4.79 Å². The highest BCUT2D eigenvalue weighted by atomic mass is 16.5. The number of hydrogen-bond acceptors (Lipinski definition) is 7. The summed E-state index contributed by atoms with van der Waals surface area (Å²) < 4.78 is 7.58. The normalized spacial score (nSPS) is 17.5. The Hall–Kier alpha value is -3.20. The molecule has 2 aliphatic heterocycles. The molecule has 2 aliphatic rings. The van der Waals surface area contributed by atoms with Gasteiger partial charge in [0.25, 0.3) is 0 Å². The van der Waals surface area contributed by atoms with Gasteiger partial charge in [-0.2, -0.15) is 5.10 Å². The molecule has 5 rings (SSSR count). The minimum Gasteiger partial charge on any atom is -0.494 e. The predicted octanol–water partition coefficient (Wildman–Crippen LogP) is 4.85. The number of rotatable bonds is 9. The molecule has 0 aliphatic carbocycles. The minimum absolute atomic E-state index is 0.0992. The summed E-state index contributed by atoms with van der Waals surface area (Å²) in [6.45, 7) is 18.0. The Morgan fingerprint density at radius 2 is 1.80 bits per heavy atom. The molecule has 3 aromatic rings. The largest absolute Gasteiger partial charge is 0.494 e. The maximum atomic E-state index is 13.4. The zero-order chi connectivity index (χ0) is 29.0. The van der Waals surface area contributed by atoms with Crippen LogP contribution in [0.1, 0.15) is 65.9 Å². The van der Waals surface area contributed by atoms with E-state index in [1.807, 2.05) is 29.9 Å². The Kier molecular flexibility index (Phi) is 9.12. The van der Waals surface area contributed by atoms with Crippen molar-refractivity contribution in [1.29, 1.82) is 0 Å². The maximum Gasteiger partial charge on any atom is 0.225 e. The van der Waals surface area contributed by atoms with Crippen molar-refractivity contribution in [1.82, 2.24) is 29.5 Å². The highest BCUT2D eigenvalue weighted by Crippen LogP contribution is 2.30. The molecule has 41 heavy (non-hydrogen) atoms. The molecule has 2 saturated heterocycles. The summed E-state index contributed by atoms with van der Waals surface area (Å²) in [6, 6.07) is 8.11. The molecule has 0 atom stereocenters. The van der Waals surface area contributed by atoms with E-state index in [1.165, 1.54) is 0 Å². The third-order valence-electron chi connectivity index (χ3n) is 8.83. The molecular formula is C32H47N7O2. The molecule has 4 heterocycles. The second kappa shape index (κ2) is 12.8. The fraction of sp³-hybridized carbons (Fsp3) is 0.625. The van der Waals surface area contributed by atoms with Crippen molar-refractivity contribution < 1.29 is 9.53 Å². The molecule has 0 spiro atoms. The Morgan fingerprint density at radius 1 is 1.05 bits per heavy atom. The molecule has 1 aromatic carbocycles. The quantitative estimate of drug-likeness (QED) is 0.370. The zero-order valence-corrected chi connectivity index (χ0v) is 25.6. The number of piperidine rings is 2. The van der Waals surface area contributed by atoms with Gasteiger partial charge in [-0.15, -0.1) is 0 Å². The summed E-state index contributed by atoms with van der Waals surface area (Å²) in [5.41, 5.74) is 2.13. The Morgan fingerprint density at radius 3 is 2.49 bits per heavy atom. The van der Waals surface area contributed by atoms with Crippen LogP contribution in [-0.2, 0) is 11.3 Å². The van der Waals surface area contributed by atoms with E-state index in [-0.39, 0.29) is 11.5 Å². The van der Waals surface area contributed by atoms with Crippen LogP contribution in [-0.4, -0.2) is 86.9 Å². The van der Waals surface area contributed by atoms with Gasteiger partial charge in [0.2, 0.25) is 5.91 Å². The summed E-state index contributed by atoms with van der Waals surface area (Å²) in [6.07, 6.45) is 7.43. The molecule has 0 radical (unpaired) electrons. The lowest BCUT2D eigenvalue weighted by molar-refractivity contribution is -0.137. The number of hydrogen-bond donors (Lipinski definition) is 0. The number of aromatic nitrogens is 4. The average Bonchev–Trinajstić information content (AvgIpc) is 3.38. The monoisotopic (exact) mass is 561 g/mol. The first kappa shape index (κ1) is 29.3. The zero-order valence-electron chi connectivity index (χ0n) is 25.6. The number of fused-ring (bicyclic) bond motifs is 1. The van der Waals surface area contributed by atoms with Gasteiger partial charge in [0.15, 0.2) is 5.65 Å². The first-order valence-corrected chi connectivity index (χ1v) is 15.4. The van der Waals surface area contributed by atoms with Crippen LogP contribution in [0.4, 0.5) is 5.82 Å². The summed E-state index contributed by atoms with van der Waals surface area (Å²) in [5, 5.41) is 5.61. The third kappa shape index (κ3) is 6.83. The summed E-state index contributed by atoms with van der Waals surface area (Å²) >= 11 is 0. The number of likely N-dealkylation sites (tertiary alicyclic amines) is 1. The topological polar surface area (TPSA) is 79.6 Å². The second-order valence-electron chi connectivity index (χ2n) is 12.6. The van der Waals surface area contributed by atoms with E-state index < -0.39 is 0 Å². The van der Waals surface area contributed by atoms with Crippen LogP contribution < -0.4 is 9.64 Å². The standard InChI is InChI=1S/C32H47N7O2/c1-6-38(32(3,4)5)21-24-11-15-37(16-12-24)31(40)26-13-17-36(18-14-26)29-28-20-35-39(30(28)34-23-33-29)22-25-9-8-10-27(19-25)41-7-2/h8-10,19-20,23-24,26H,6-7,11-18,21-22H2,1-5H3. The first-order valence-electron chi connectivity index (χ1n) is 15.4. The molecule has 0 saturated carbocycles. The lowest BCUT2D eigenvalue weighted by atomic mass is 9.91. The number of ether oxygens (including phenoxy) is 1. The fourth-order valence-electron chi connectivity index (χ4n) is 6.44. The van der Waals surface area contributed by atoms with E-state index in [0.29, 0.717) is 25.0 Å². The number of carbonyl (C=O) groups excluding carboxylic acids is 1. The molecule has 0 N–H and O–H groups in total. The molecule has 2 aromatic heterocycles. The van der Waals surface area contributed by atoms with Gasteiger partial charge in [-0.25, -0.2) is 14.6 Å². The van der Waals surface area contributed by atoms with Crippen molar-refractivity contribution in [2.45, 2.75) is 72.4 Å². The number of carbonyl (C=O) groups is 1. The van der Waals surface area contributed by atoms with Crippen LogP contribution in [0.15, 0.2) is 36.8 Å². The summed E-state index contributed by atoms with van der Waals surface area (Å²) in [7, 11) is 0. The van der Waals surface area contributed by atoms with Gasteiger partial charge in [-0.3, -0.25) is 9.69 Å². The van der Waals surface area contributed by atoms with Crippen LogP contribution in [0.2, 0.25) is 0 Å². The molecule has 0 bridgehead atoms. The molecule has 1 amide bonds. The molecule has 9 heteroatoms. The van der Waals surface area contributed by atoms with Gasteiger partial charge in [0.05, 0.1) is 24.7 Å².